The van der Waals surface area contributed by atoms with Crippen molar-refractivity contribution in [2.24, 2.45) is 0 Å². The lowest BCUT2D eigenvalue weighted by molar-refractivity contribution is -0.0516. The Kier molecular flexibility index (Phi) is 3.79. The molecule has 3 rings (SSSR count). The normalized spacial score (nSPS) is 11.0. The predicted octanol–water partition coefficient (Wildman–Crippen LogP) is 4.66. The van der Waals surface area contributed by atoms with Crippen LogP contribution in [0.3, 0.4) is 0 Å². The summed E-state index contributed by atoms with van der Waals surface area (Å²) >= 11 is 3.34. The summed E-state index contributed by atoms with van der Waals surface area (Å²) in [7, 11) is 0. The number of halogens is 3. The van der Waals surface area contributed by atoms with Crippen LogP contribution in [0.1, 0.15) is 0 Å². The first-order valence-corrected chi connectivity index (χ1v) is 6.90. The first-order valence-electron chi connectivity index (χ1n) is 6.11. The molecule has 0 radical (unpaired) electrons. The molecular weight excluding hydrogens is 342 g/mol. The molecule has 0 fully saturated rings. The average molecular weight is 351 g/mol. The monoisotopic (exact) mass is 350 g/mol. The molecule has 0 atom stereocenters. The minimum Gasteiger partial charge on any atom is -0.416 e. The third kappa shape index (κ3) is 3.00. The average Bonchev–Trinajstić information content (AvgIpc) is 2.47. The number of benzene rings is 2. The molecule has 1 aromatic heterocycles. The van der Waals surface area contributed by atoms with Crippen molar-refractivity contribution in [2.45, 2.75) is 6.61 Å². The van der Waals surface area contributed by atoms with E-state index in [1.54, 1.807) is 36.4 Å². The van der Waals surface area contributed by atoms with Crippen LogP contribution in [0.2, 0.25) is 0 Å². The van der Waals surface area contributed by atoms with Gasteiger partial charge in [0.1, 0.15) is 0 Å². The van der Waals surface area contributed by atoms with E-state index in [4.69, 9.17) is 0 Å². The fraction of sp³-hybridized carbons (Fsp3) is 0.0667. The van der Waals surface area contributed by atoms with Crippen molar-refractivity contribution >= 4 is 26.8 Å². The predicted molar refractivity (Wildman–Crippen MR) is 79.3 cm³/mol. The van der Waals surface area contributed by atoms with Gasteiger partial charge in [-0.15, -0.1) is 0 Å². The lowest BCUT2D eigenvalue weighted by atomic mass is 10.2. The molecule has 0 aliphatic heterocycles. The first kappa shape index (κ1) is 13.9. The van der Waals surface area contributed by atoms with Crippen molar-refractivity contribution in [3.8, 4) is 17.3 Å². The van der Waals surface area contributed by atoms with Gasteiger partial charge in [-0.2, -0.15) is 13.8 Å². The third-order valence-corrected chi connectivity index (χ3v) is 3.40. The molecule has 0 spiro atoms. The van der Waals surface area contributed by atoms with Gasteiger partial charge in [0, 0.05) is 10.0 Å². The highest BCUT2D eigenvalue weighted by atomic mass is 79.9. The van der Waals surface area contributed by atoms with Gasteiger partial charge < -0.3 is 4.74 Å². The molecule has 6 heteroatoms. The third-order valence-electron chi connectivity index (χ3n) is 2.87. The lowest BCUT2D eigenvalue weighted by Crippen LogP contribution is -2.05. The molecule has 0 aliphatic carbocycles. The maximum absolute atomic E-state index is 12.5. The summed E-state index contributed by atoms with van der Waals surface area (Å²) in [6.07, 6.45) is 0. The van der Waals surface area contributed by atoms with Crippen molar-refractivity contribution in [3.05, 3.63) is 53.0 Å². The quantitative estimate of drug-likeness (QED) is 0.688. The van der Waals surface area contributed by atoms with Crippen molar-refractivity contribution in [2.75, 3.05) is 0 Å². The Bertz CT molecular complexity index is 778. The van der Waals surface area contributed by atoms with E-state index in [1.165, 1.54) is 0 Å². The Balaban J connectivity index is 2.17. The largest absolute Gasteiger partial charge is 0.416 e. The highest BCUT2D eigenvalue weighted by Gasteiger charge is 2.13. The van der Waals surface area contributed by atoms with Gasteiger partial charge in [0.2, 0.25) is 5.88 Å². The number of para-hydroxylation sites is 1. The highest BCUT2D eigenvalue weighted by molar-refractivity contribution is 9.10. The lowest BCUT2D eigenvalue weighted by Gasteiger charge is -2.09. The molecule has 21 heavy (non-hydrogen) atoms. The van der Waals surface area contributed by atoms with E-state index in [2.05, 4.69) is 30.6 Å². The van der Waals surface area contributed by atoms with Gasteiger partial charge in [0.25, 0.3) is 0 Å². The number of alkyl halides is 2. The second-order valence-electron chi connectivity index (χ2n) is 4.25. The molecule has 0 saturated carbocycles. The smallest absolute Gasteiger partial charge is 0.388 e. The van der Waals surface area contributed by atoms with Crippen molar-refractivity contribution < 1.29 is 13.5 Å². The zero-order valence-corrected chi connectivity index (χ0v) is 12.2. The fourth-order valence-electron chi connectivity index (χ4n) is 1.95. The number of fused-ring (bicyclic) bond motifs is 1. The van der Waals surface area contributed by atoms with Crippen LogP contribution in [0, 0.1) is 0 Å². The molecule has 0 bridgehead atoms. The van der Waals surface area contributed by atoms with Crippen molar-refractivity contribution in [3.63, 3.8) is 0 Å². The van der Waals surface area contributed by atoms with Gasteiger partial charge >= 0.3 is 6.61 Å². The minimum atomic E-state index is -2.93. The van der Waals surface area contributed by atoms with E-state index >= 15 is 0 Å². The van der Waals surface area contributed by atoms with E-state index < -0.39 is 6.61 Å². The molecule has 2 aromatic carbocycles. The Labute approximate surface area is 127 Å². The van der Waals surface area contributed by atoms with Gasteiger partial charge in [-0.05, 0) is 24.3 Å². The van der Waals surface area contributed by atoms with Gasteiger partial charge in [0.05, 0.1) is 10.9 Å². The van der Waals surface area contributed by atoms with Crippen LogP contribution in [0.5, 0.6) is 5.88 Å². The van der Waals surface area contributed by atoms with Crippen LogP contribution in [-0.2, 0) is 0 Å². The SMILES string of the molecule is FC(F)Oc1nc(-c2ccc(Br)cc2)nc2ccccc12. The highest BCUT2D eigenvalue weighted by Crippen LogP contribution is 2.28. The van der Waals surface area contributed by atoms with Crippen LogP contribution in [0.15, 0.2) is 53.0 Å². The maximum Gasteiger partial charge on any atom is 0.388 e. The summed E-state index contributed by atoms with van der Waals surface area (Å²) in [5.74, 6) is 0.227. The zero-order valence-electron chi connectivity index (χ0n) is 10.6. The Morgan fingerprint density at radius 3 is 2.38 bits per heavy atom. The van der Waals surface area contributed by atoms with Crippen molar-refractivity contribution in [1.29, 1.82) is 0 Å². The Hall–Kier alpha value is -2.08. The summed E-state index contributed by atoms with van der Waals surface area (Å²) in [6, 6.07) is 14.2. The number of rotatable bonds is 3. The van der Waals surface area contributed by atoms with E-state index in [0.717, 1.165) is 10.0 Å². The molecule has 0 unspecified atom stereocenters. The summed E-state index contributed by atoms with van der Waals surface area (Å²) in [5, 5.41) is 0.457. The van der Waals surface area contributed by atoms with Crippen LogP contribution in [0.25, 0.3) is 22.3 Å². The number of nitrogens with zero attached hydrogens (tertiary/aromatic N) is 2. The van der Waals surface area contributed by atoms with Crippen LogP contribution in [-0.4, -0.2) is 16.6 Å². The number of hydrogen-bond acceptors (Lipinski definition) is 3. The second kappa shape index (κ2) is 5.73. The first-order chi connectivity index (χ1) is 10.1. The summed E-state index contributed by atoms with van der Waals surface area (Å²) in [6.45, 7) is -2.93. The fourth-order valence-corrected chi connectivity index (χ4v) is 2.21. The van der Waals surface area contributed by atoms with Crippen LogP contribution < -0.4 is 4.74 Å². The maximum atomic E-state index is 12.5. The number of hydrogen-bond donors (Lipinski definition) is 0. The number of aromatic nitrogens is 2. The summed E-state index contributed by atoms with van der Waals surface area (Å²) < 4.78 is 30.5. The van der Waals surface area contributed by atoms with Gasteiger partial charge in [-0.25, -0.2) is 4.98 Å². The van der Waals surface area contributed by atoms with Crippen molar-refractivity contribution in [1.82, 2.24) is 9.97 Å². The topological polar surface area (TPSA) is 35.0 Å². The molecule has 3 aromatic rings. The summed E-state index contributed by atoms with van der Waals surface area (Å²) in [5.41, 5.74) is 1.28. The zero-order chi connectivity index (χ0) is 14.8. The van der Waals surface area contributed by atoms with Gasteiger partial charge in [-0.1, -0.05) is 40.2 Å². The molecule has 3 nitrogen and oxygen atoms in total. The Morgan fingerprint density at radius 1 is 0.952 bits per heavy atom. The standard InChI is InChI=1S/C15H9BrF2N2O/c16-10-7-5-9(6-8-10)13-19-12-4-2-1-3-11(12)14(20-13)21-15(17)18/h1-8,15H. The van der Waals surface area contributed by atoms with E-state index in [9.17, 15) is 8.78 Å². The van der Waals surface area contributed by atoms with E-state index in [-0.39, 0.29) is 5.88 Å². The number of ether oxygens (including phenoxy) is 1. The minimum absolute atomic E-state index is 0.117. The molecule has 0 aliphatic rings. The molecule has 106 valence electrons. The molecular formula is C15H9BrF2N2O. The van der Waals surface area contributed by atoms with Gasteiger partial charge in [0.15, 0.2) is 5.82 Å². The molecule has 0 saturated heterocycles. The summed E-state index contributed by atoms with van der Waals surface area (Å²) in [4.78, 5) is 8.50. The second-order valence-corrected chi connectivity index (χ2v) is 5.17. The Morgan fingerprint density at radius 2 is 1.67 bits per heavy atom. The van der Waals surface area contributed by atoms with E-state index in [0.29, 0.717) is 16.7 Å². The molecule has 1 heterocycles. The van der Waals surface area contributed by atoms with Crippen LogP contribution in [0.4, 0.5) is 8.78 Å². The molecule has 0 N–H and O–H groups in total. The molecule has 0 amide bonds. The van der Waals surface area contributed by atoms with Gasteiger partial charge in [-0.3, -0.25) is 0 Å². The van der Waals surface area contributed by atoms with Crippen LogP contribution >= 0.6 is 15.9 Å². The van der Waals surface area contributed by atoms with E-state index in [1.807, 2.05) is 12.1 Å².